The van der Waals surface area contributed by atoms with Crippen LogP contribution in [0.3, 0.4) is 0 Å². The molecule has 2 saturated carbocycles. The lowest BCUT2D eigenvalue weighted by atomic mass is 9.44. The zero-order chi connectivity index (χ0) is 18.5. The third kappa shape index (κ3) is 1.81. The third-order valence-corrected chi connectivity index (χ3v) is 9.47. The van der Waals surface area contributed by atoms with E-state index in [1.54, 1.807) is 5.57 Å². The van der Waals surface area contributed by atoms with Gasteiger partial charge in [-0.2, -0.15) is 0 Å². The van der Waals surface area contributed by atoms with Crippen molar-refractivity contribution in [3.8, 4) is 0 Å². The quantitative estimate of drug-likeness (QED) is 0.663. The Bertz CT molecular complexity index is 788. The van der Waals surface area contributed by atoms with Gasteiger partial charge in [-0.15, -0.1) is 0 Å². The van der Waals surface area contributed by atoms with E-state index < -0.39 is 5.60 Å². The number of fused-ring (bicyclic) bond motifs is 6. The summed E-state index contributed by atoms with van der Waals surface area (Å²) >= 11 is 0. The minimum atomic E-state index is -0.499. The number of rotatable bonds is 0. The van der Waals surface area contributed by atoms with Gasteiger partial charge in [0.25, 0.3) is 0 Å². The third-order valence-electron chi connectivity index (χ3n) is 9.47. The minimum Gasteiger partial charge on any atom is -0.390 e. The van der Waals surface area contributed by atoms with E-state index in [2.05, 4.69) is 45.9 Å². The summed E-state index contributed by atoms with van der Waals surface area (Å²) in [6.07, 6.45) is 11.3. The van der Waals surface area contributed by atoms with Crippen LogP contribution in [0.1, 0.15) is 78.0 Å². The van der Waals surface area contributed by atoms with E-state index in [0.29, 0.717) is 17.8 Å². The monoisotopic (exact) mass is 355 g/mol. The molecule has 0 bridgehead atoms. The summed E-state index contributed by atoms with van der Waals surface area (Å²) in [5.74, 6) is 3.13. The molecule has 4 aliphatic rings. The van der Waals surface area contributed by atoms with E-state index >= 15 is 0 Å². The number of hydrogen-bond donors (Lipinski definition) is 1. The van der Waals surface area contributed by atoms with Gasteiger partial charge < -0.3 is 9.63 Å². The molecule has 0 aliphatic heterocycles. The van der Waals surface area contributed by atoms with Gasteiger partial charge in [0.05, 0.1) is 11.8 Å². The lowest BCUT2D eigenvalue weighted by Gasteiger charge is -2.60. The van der Waals surface area contributed by atoms with Crippen LogP contribution in [0.25, 0.3) is 0 Å². The first-order valence-electron chi connectivity index (χ1n) is 10.5. The summed E-state index contributed by atoms with van der Waals surface area (Å²) in [7, 11) is 0. The summed E-state index contributed by atoms with van der Waals surface area (Å²) in [4.78, 5) is 0. The highest BCUT2D eigenvalue weighted by Gasteiger charge is 2.63. The van der Waals surface area contributed by atoms with Crippen LogP contribution in [0.2, 0.25) is 0 Å². The first-order chi connectivity index (χ1) is 12.1. The molecule has 1 aromatic rings. The highest BCUT2D eigenvalue weighted by molar-refractivity contribution is 5.44. The summed E-state index contributed by atoms with van der Waals surface area (Å²) in [5.41, 5.74) is 2.60. The Hall–Kier alpha value is -1.09. The van der Waals surface area contributed by atoms with Crippen molar-refractivity contribution in [2.24, 2.45) is 28.6 Å². The van der Waals surface area contributed by atoms with E-state index in [1.165, 1.54) is 24.8 Å². The van der Waals surface area contributed by atoms with Crippen LogP contribution in [-0.2, 0) is 11.8 Å². The molecule has 6 atom stereocenters. The highest BCUT2D eigenvalue weighted by Crippen LogP contribution is 2.68. The van der Waals surface area contributed by atoms with E-state index in [9.17, 15) is 5.11 Å². The standard InChI is InChI=1S/C23H33NO2/c1-20(2)18-7-6-15-16(21(18,3)12-14-13-24-26-19(14)20)8-10-22(4)17(15)9-11-23(22,5)25/h7,13,15-17,25H,6,8-12H2,1-5H3/t15?,16-,17-,21?,22?,23-/m0/s1. The van der Waals surface area contributed by atoms with Crippen molar-refractivity contribution in [1.29, 1.82) is 0 Å². The zero-order valence-corrected chi connectivity index (χ0v) is 16.9. The first kappa shape index (κ1) is 17.0. The fraction of sp³-hybridized carbons (Fsp3) is 0.783. The van der Waals surface area contributed by atoms with Crippen LogP contribution in [0.15, 0.2) is 22.4 Å². The van der Waals surface area contributed by atoms with Crippen molar-refractivity contribution in [2.75, 3.05) is 0 Å². The molecule has 26 heavy (non-hydrogen) atoms. The van der Waals surface area contributed by atoms with Crippen LogP contribution < -0.4 is 0 Å². The van der Waals surface area contributed by atoms with Gasteiger partial charge >= 0.3 is 0 Å². The maximum atomic E-state index is 11.1. The predicted octanol–water partition coefficient (Wildman–Crippen LogP) is 5.04. The lowest BCUT2D eigenvalue weighted by molar-refractivity contribution is -0.113. The minimum absolute atomic E-state index is 0.0638. The van der Waals surface area contributed by atoms with Gasteiger partial charge in [-0.25, -0.2) is 0 Å². The summed E-state index contributed by atoms with van der Waals surface area (Å²) < 4.78 is 5.69. The maximum Gasteiger partial charge on any atom is 0.149 e. The van der Waals surface area contributed by atoms with Crippen LogP contribution in [0.4, 0.5) is 0 Å². The van der Waals surface area contributed by atoms with Gasteiger partial charge in [-0.3, -0.25) is 0 Å². The Morgan fingerprint density at radius 2 is 1.81 bits per heavy atom. The first-order valence-corrected chi connectivity index (χ1v) is 10.5. The van der Waals surface area contributed by atoms with Crippen LogP contribution in [0.5, 0.6) is 0 Å². The molecule has 0 spiro atoms. The van der Waals surface area contributed by atoms with E-state index in [4.69, 9.17) is 4.52 Å². The van der Waals surface area contributed by atoms with Crippen LogP contribution >= 0.6 is 0 Å². The molecule has 0 aromatic carbocycles. The van der Waals surface area contributed by atoms with Gasteiger partial charge in [0.15, 0.2) is 0 Å². The zero-order valence-electron chi connectivity index (χ0n) is 16.9. The van der Waals surface area contributed by atoms with Crippen molar-refractivity contribution in [2.45, 2.75) is 84.2 Å². The molecule has 3 nitrogen and oxygen atoms in total. The Morgan fingerprint density at radius 1 is 1.08 bits per heavy atom. The number of allylic oxidation sites excluding steroid dienone is 2. The van der Waals surface area contributed by atoms with Crippen molar-refractivity contribution in [3.05, 3.63) is 29.2 Å². The van der Waals surface area contributed by atoms with Crippen LogP contribution in [-0.4, -0.2) is 15.9 Å². The Kier molecular flexibility index (Phi) is 3.17. The normalized spacial score (nSPS) is 48.8. The van der Waals surface area contributed by atoms with E-state index in [0.717, 1.165) is 25.0 Å². The van der Waals surface area contributed by atoms with Crippen molar-refractivity contribution < 1.29 is 9.63 Å². The van der Waals surface area contributed by atoms with E-state index in [-0.39, 0.29) is 16.2 Å². The van der Waals surface area contributed by atoms with Crippen molar-refractivity contribution in [1.82, 2.24) is 5.16 Å². The van der Waals surface area contributed by atoms with Gasteiger partial charge in [0.1, 0.15) is 5.76 Å². The molecule has 1 heterocycles. The van der Waals surface area contributed by atoms with Gasteiger partial charge in [0, 0.05) is 11.0 Å². The average molecular weight is 356 g/mol. The topological polar surface area (TPSA) is 46.3 Å². The summed E-state index contributed by atoms with van der Waals surface area (Å²) in [6.45, 7) is 11.6. The molecule has 3 heteroatoms. The van der Waals surface area contributed by atoms with Crippen molar-refractivity contribution >= 4 is 0 Å². The molecule has 5 rings (SSSR count). The average Bonchev–Trinajstić information content (AvgIpc) is 3.10. The second-order valence-electron chi connectivity index (χ2n) is 10.9. The van der Waals surface area contributed by atoms with Gasteiger partial charge in [-0.05, 0) is 87.9 Å². The number of aliphatic hydroxyl groups is 1. The number of hydrogen-bond acceptors (Lipinski definition) is 3. The van der Waals surface area contributed by atoms with Crippen molar-refractivity contribution in [3.63, 3.8) is 0 Å². The second-order valence-corrected chi connectivity index (χ2v) is 10.9. The smallest absolute Gasteiger partial charge is 0.149 e. The van der Waals surface area contributed by atoms with Gasteiger partial charge in [0.2, 0.25) is 0 Å². The van der Waals surface area contributed by atoms with Crippen LogP contribution in [0, 0.1) is 28.6 Å². The number of nitrogens with zero attached hydrogens (tertiary/aromatic N) is 1. The molecule has 0 radical (unpaired) electrons. The molecule has 1 N–H and O–H groups in total. The molecule has 0 saturated heterocycles. The van der Waals surface area contributed by atoms with E-state index in [1.807, 2.05) is 6.20 Å². The highest BCUT2D eigenvalue weighted by atomic mass is 16.5. The molecular formula is C23H33NO2. The molecule has 4 aliphatic carbocycles. The summed E-state index contributed by atoms with van der Waals surface area (Å²) in [6, 6.07) is 0. The largest absolute Gasteiger partial charge is 0.390 e. The van der Waals surface area contributed by atoms with Gasteiger partial charge in [-0.1, -0.05) is 30.7 Å². The fourth-order valence-corrected chi connectivity index (χ4v) is 7.95. The molecule has 3 unspecified atom stereocenters. The predicted molar refractivity (Wildman–Crippen MR) is 102 cm³/mol. The molecular weight excluding hydrogens is 322 g/mol. The maximum absolute atomic E-state index is 11.1. The molecule has 0 amide bonds. The fourth-order valence-electron chi connectivity index (χ4n) is 7.95. The molecule has 2 fully saturated rings. The Balaban J connectivity index is 1.60. The number of aromatic nitrogens is 1. The molecule has 142 valence electrons. The Labute approximate surface area is 157 Å². The summed E-state index contributed by atoms with van der Waals surface area (Å²) in [5, 5.41) is 15.2. The second kappa shape index (κ2) is 4.84. The Morgan fingerprint density at radius 3 is 2.58 bits per heavy atom. The SMILES string of the molecule is CC1(C)C2=CCC3[C@H](CCC4(C)[C@H]3CC[C@]4(C)O)C2(C)Cc2cnoc21. The lowest BCUT2D eigenvalue weighted by Crippen LogP contribution is -2.55. The molecule has 1 aromatic heterocycles.